The fourth-order valence-electron chi connectivity index (χ4n) is 4.58. The van der Waals surface area contributed by atoms with Gasteiger partial charge in [0.25, 0.3) is 5.91 Å². The lowest BCUT2D eigenvalue weighted by Gasteiger charge is -2.38. The van der Waals surface area contributed by atoms with E-state index in [4.69, 9.17) is 0 Å². The molecule has 2 aliphatic rings. The number of nitrogens with zero attached hydrogens (tertiary/aromatic N) is 3. The Kier molecular flexibility index (Phi) is 3.45. The summed E-state index contributed by atoms with van der Waals surface area (Å²) in [5.74, 6) is 0.201. The number of hydrogen-bond acceptors (Lipinski definition) is 2. The Labute approximate surface area is 137 Å². The van der Waals surface area contributed by atoms with Crippen LogP contribution >= 0.6 is 0 Å². The highest BCUT2D eigenvalue weighted by molar-refractivity contribution is 6.07. The quantitative estimate of drug-likeness (QED) is 0.810. The maximum atomic E-state index is 13.1. The molecule has 0 bridgehead atoms. The molecule has 23 heavy (non-hydrogen) atoms. The Morgan fingerprint density at radius 3 is 2.74 bits per heavy atom. The Hall–Kier alpha value is -1.81. The third kappa shape index (κ3) is 2.45. The molecule has 4 heteroatoms. The van der Waals surface area contributed by atoms with Gasteiger partial charge in [0.1, 0.15) is 0 Å². The number of fused-ring (bicyclic) bond motifs is 1. The van der Waals surface area contributed by atoms with E-state index in [0.717, 1.165) is 42.5 Å². The van der Waals surface area contributed by atoms with Crippen LogP contribution in [-0.2, 0) is 7.05 Å². The molecule has 0 saturated carbocycles. The van der Waals surface area contributed by atoms with E-state index < -0.39 is 0 Å². The topological polar surface area (TPSA) is 28.5 Å². The number of carbonyl (C=O) groups is 1. The predicted molar refractivity (Wildman–Crippen MR) is 92.6 cm³/mol. The predicted octanol–water partition coefficient (Wildman–Crippen LogP) is 2.74. The number of carbonyl (C=O) groups excluding carboxylic acids is 1. The molecule has 2 aromatic rings. The Balaban J connectivity index is 1.60. The summed E-state index contributed by atoms with van der Waals surface area (Å²) in [6.45, 7) is 4.14. The number of piperidine rings is 1. The van der Waals surface area contributed by atoms with E-state index in [0.29, 0.717) is 5.41 Å². The maximum absolute atomic E-state index is 13.1. The van der Waals surface area contributed by atoms with E-state index in [1.54, 1.807) is 0 Å². The lowest BCUT2D eigenvalue weighted by Crippen LogP contribution is -2.43. The van der Waals surface area contributed by atoms with E-state index in [1.807, 2.05) is 25.4 Å². The van der Waals surface area contributed by atoms with Gasteiger partial charge in [0.15, 0.2) is 0 Å². The van der Waals surface area contributed by atoms with E-state index in [9.17, 15) is 4.79 Å². The summed E-state index contributed by atoms with van der Waals surface area (Å²) in [5.41, 5.74) is 2.30. The molecule has 0 aliphatic carbocycles. The number of hydrogen-bond donors (Lipinski definition) is 0. The van der Waals surface area contributed by atoms with Crippen molar-refractivity contribution in [2.24, 2.45) is 12.5 Å². The van der Waals surface area contributed by atoms with Crippen LogP contribution < -0.4 is 0 Å². The normalized spacial score (nSPS) is 25.6. The van der Waals surface area contributed by atoms with Gasteiger partial charge in [-0.05, 0) is 38.9 Å². The highest BCUT2D eigenvalue weighted by Crippen LogP contribution is 2.39. The van der Waals surface area contributed by atoms with Gasteiger partial charge in [-0.15, -0.1) is 0 Å². The second-order valence-corrected chi connectivity index (χ2v) is 7.49. The fourth-order valence-corrected chi connectivity index (χ4v) is 4.58. The summed E-state index contributed by atoms with van der Waals surface area (Å²) in [6, 6.07) is 8.18. The monoisotopic (exact) mass is 311 g/mol. The highest BCUT2D eigenvalue weighted by Gasteiger charge is 2.42. The van der Waals surface area contributed by atoms with E-state index in [1.165, 1.54) is 19.4 Å². The average Bonchev–Trinajstić information content (AvgIpc) is 3.09. The van der Waals surface area contributed by atoms with Crippen molar-refractivity contribution in [1.29, 1.82) is 0 Å². The van der Waals surface area contributed by atoms with Crippen molar-refractivity contribution in [2.45, 2.75) is 19.3 Å². The van der Waals surface area contributed by atoms with Crippen LogP contribution in [0.4, 0.5) is 0 Å². The van der Waals surface area contributed by atoms with E-state index in [2.05, 4.69) is 33.5 Å². The summed E-state index contributed by atoms with van der Waals surface area (Å²) < 4.78 is 2.06. The van der Waals surface area contributed by atoms with Crippen molar-refractivity contribution in [3.8, 4) is 0 Å². The van der Waals surface area contributed by atoms with Crippen LogP contribution in [0.25, 0.3) is 10.9 Å². The summed E-state index contributed by atoms with van der Waals surface area (Å²) in [4.78, 5) is 17.6. The molecule has 0 N–H and O–H groups in total. The van der Waals surface area contributed by atoms with E-state index >= 15 is 0 Å². The van der Waals surface area contributed by atoms with Crippen molar-refractivity contribution in [1.82, 2.24) is 14.4 Å². The summed E-state index contributed by atoms with van der Waals surface area (Å²) in [6.07, 6.45) is 5.66. The smallest absolute Gasteiger partial charge is 0.256 e. The zero-order chi connectivity index (χ0) is 16.0. The number of benzene rings is 1. The van der Waals surface area contributed by atoms with Gasteiger partial charge >= 0.3 is 0 Å². The van der Waals surface area contributed by atoms with Crippen molar-refractivity contribution in [3.05, 3.63) is 36.0 Å². The summed E-state index contributed by atoms with van der Waals surface area (Å²) in [7, 11) is 4.22. The minimum Gasteiger partial charge on any atom is -0.350 e. The average molecular weight is 311 g/mol. The first-order valence-electron chi connectivity index (χ1n) is 8.60. The molecule has 1 amide bonds. The third-order valence-electron chi connectivity index (χ3n) is 5.71. The second-order valence-electron chi connectivity index (χ2n) is 7.49. The van der Waals surface area contributed by atoms with Gasteiger partial charge in [-0.3, -0.25) is 4.79 Å². The van der Waals surface area contributed by atoms with Gasteiger partial charge in [0.05, 0.1) is 5.56 Å². The molecule has 2 fully saturated rings. The zero-order valence-electron chi connectivity index (χ0n) is 14.1. The standard InChI is InChI=1S/C19H25N3O/c1-20-10-5-8-19(13-20)9-11-22(14-19)18(23)16-12-21(2)17-7-4-3-6-15(16)17/h3-4,6-7,12H,5,8-11,13-14H2,1-2H3/t19-/m1/s1. The van der Waals surface area contributed by atoms with E-state index in [-0.39, 0.29) is 5.91 Å². The molecule has 122 valence electrons. The molecule has 2 saturated heterocycles. The largest absolute Gasteiger partial charge is 0.350 e. The lowest BCUT2D eigenvalue weighted by molar-refractivity contribution is 0.0724. The number of rotatable bonds is 1. The number of likely N-dealkylation sites (tertiary alicyclic amines) is 2. The summed E-state index contributed by atoms with van der Waals surface area (Å²) >= 11 is 0. The van der Waals surface area contributed by atoms with Crippen LogP contribution in [0.2, 0.25) is 0 Å². The molecule has 1 atom stereocenters. The van der Waals surface area contributed by atoms with Crippen molar-refractivity contribution in [3.63, 3.8) is 0 Å². The highest BCUT2D eigenvalue weighted by atomic mass is 16.2. The second kappa shape index (κ2) is 5.38. The van der Waals surface area contributed by atoms with Gasteiger partial charge in [0, 0.05) is 49.2 Å². The number of aryl methyl sites for hydroxylation is 1. The third-order valence-corrected chi connectivity index (χ3v) is 5.71. The van der Waals surface area contributed by atoms with Crippen molar-refractivity contribution in [2.75, 3.05) is 33.2 Å². The Morgan fingerprint density at radius 2 is 1.91 bits per heavy atom. The van der Waals surface area contributed by atoms with Crippen molar-refractivity contribution < 1.29 is 4.79 Å². The Morgan fingerprint density at radius 1 is 1.09 bits per heavy atom. The molecule has 3 heterocycles. The van der Waals surface area contributed by atoms with Crippen LogP contribution in [0, 0.1) is 5.41 Å². The van der Waals surface area contributed by atoms with Gasteiger partial charge < -0.3 is 14.4 Å². The van der Waals surface area contributed by atoms with Gasteiger partial charge in [0.2, 0.25) is 0 Å². The van der Waals surface area contributed by atoms with Crippen LogP contribution in [0.15, 0.2) is 30.5 Å². The maximum Gasteiger partial charge on any atom is 0.256 e. The molecule has 1 aromatic heterocycles. The van der Waals surface area contributed by atoms with Crippen LogP contribution in [0.1, 0.15) is 29.6 Å². The number of aromatic nitrogens is 1. The number of amides is 1. The lowest BCUT2D eigenvalue weighted by atomic mass is 9.79. The first-order chi connectivity index (χ1) is 11.1. The van der Waals surface area contributed by atoms with Crippen LogP contribution in [0.3, 0.4) is 0 Å². The van der Waals surface area contributed by atoms with Crippen molar-refractivity contribution >= 4 is 16.8 Å². The first kappa shape index (κ1) is 14.8. The number of para-hydroxylation sites is 1. The molecular weight excluding hydrogens is 286 g/mol. The van der Waals surface area contributed by atoms with Gasteiger partial charge in [-0.1, -0.05) is 18.2 Å². The molecular formula is C19H25N3O. The first-order valence-corrected chi connectivity index (χ1v) is 8.60. The molecule has 1 spiro atoms. The van der Waals surface area contributed by atoms with Gasteiger partial charge in [-0.2, -0.15) is 0 Å². The minimum atomic E-state index is 0.201. The molecule has 4 rings (SSSR count). The molecule has 1 aromatic carbocycles. The van der Waals surface area contributed by atoms with Crippen LogP contribution in [-0.4, -0.2) is 53.5 Å². The fraction of sp³-hybridized carbons (Fsp3) is 0.526. The molecule has 0 unspecified atom stereocenters. The summed E-state index contributed by atoms with van der Waals surface area (Å²) in [5, 5.41) is 1.07. The minimum absolute atomic E-state index is 0.201. The van der Waals surface area contributed by atoms with Gasteiger partial charge in [-0.25, -0.2) is 0 Å². The zero-order valence-corrected chi connectivity index (χ0v) is 14.1. The molecule has 0 radical (unpaired) electrons. The molecule has 2 aliphatic heterocycles. The van der Waals surface area contributed by atoms with Crippen LogP contribution in [0.5, 0.6) is 0 Å². The molecule has 4 nitrogen and oxygen atoms in total. The SMILES string of the molecule is CN1CCC[C@@]2(CCN(C(=O)c3cn(C)c4ccccc34)C2)C1. The Bertz CT molecular complexity index is 750.